The van der Waals surface area contributed by atoms with Gasteiger partial charge in [0.05, 0.1) is 28.6 Å². The fourth-order valence-electron chi connectivity index (χ4n) is 2.56. The van der Waals surface area contributed by atoms with Crippen molar-refractivity contribution in [3.63, 3.8) is 0 Å². The van der Waals surface area contributed by atoms with Crippen molar-refractivity contribution in [3.05, 3.63) is 64.1 Å². The van der Waals surface area contributed by atoms with Crippen LogP contribution in [-0.4, -0.2) is 25.5 Å². The largest absolute Gasteiger partial charge is 0.323 e. The van der Waals surface area contributed by atoms with Crippen molar-refractivity contribution in [1.29, 1.82) is 0 Å². The van der Waals surface area contributed by atoms with Crippen LogP contribution in [0.3, 0.4) is 0 Å². The molecular weight excluding hydrogens is 382 g/mol. The van der Waals surface area contributed by atoms with Crippen molar-refractivity contribution in [2.75, 3.05) is 5.32 Å². The third-order valence-electron chi connectivity index (χ3n) is 3.80. The Hall–Kier alpha value is -2.41. The Bertz CT molecular complexity index is 864. The Labute approximate surface area is 155 Å². The molecule has 2 heterocycles. The molecule has 1 amide bonds. The molecule has 3 aromatic rings. The molecule has 0 saturated carbocycles. The van der Waals surface area contributed by atoms with E-state index in [4.69, 9.17) is 0 Å². The number of carbonyl (C=O) groups is 1. The molecule has 0 radical (unpaired) electrons. The molecule has 0 bridgehead atoms. The smallest absolute Gasteiger partial charge is 0.226 e. The van der Waals surface area contributed by atoms with E-state index in [1.165, 1.54) is 11.1 Å². The summed E-state index contributed by atoms with van der Waals surface area (Å²) in [5.74, 6) is -0.0561. The average Bonchev–Trinajstić information content (AvgIpc) is 3.12. The zero-order valence-corrected chi connectivity index (χ0v) is 15.8. The Morgan fingerprint density at radius 3 is 2.80 bits per heavy atom. The number of benzene rings is 1. The molecule has 0 unspecified atom stereocenters. The number of halogens is 1. The number of aryl methyl sites for hydroxylation is 3. The first kappa shape index (κ1) is 17.4. The van der Waals surface area contributed by atoms with Gasteiger partial charge >= 0.3 is 0 Å². The van der Waals surface area contributed by atoms with Crippen molar-refractivity contribution in [1.82, 2.24) is 19.6 Å². The van der Waals surface area contributed by atoms with Gasteiger partial charge in [0.2, 0.25) is 5.91 Å². The zero-order valence-electron chi connectivity index (χ0n) is 14.2. The van der Waals surface area contributed by atoms with E-state index in [0.717, 1.165) is 10.2 Å². The number of nitrogens with one attached hydrogen (secondary N) is 1. The minimum Gasteiger partial charge on any atom is -0.323 e. The van der Waals surface area contributed by atoms with E-state index in [9.17, 15) is 4.79 Å². The second-order valence-corrected chi connectivity index (χ2v) is 6.89. The van der Waals surface area contributed by atoms with Gasteiger partial charge in [-0.25, -0.2) is 0 Å². The summed E-state index contributed by atoms with van der Waals surface area (Å²) in [6, 6.07) is 8.30. The second kappa shape index (κ2) is 7.65. The lowest BCUT2D eigenvalue weighted by Gasteiger charge is -2.04. The summed E-state index contributed by atoms with van der Waals surface area (Å²) < 4.78 is 4.53. The lowest BCUT2D eigenvalue weighted by atomic mass is 10.1. The van der Waals surface area contributed by atoms with Crippen LogP contribution >= 0.6 is 15.9 Å². The maximum absolute atomic E-state index is 12.1. The SMILES string of the molecule is Cc1cccc(Cn2cc(NC(=O)CCn3cc(Br)c(C)n3)cn2)c1. The maximum Gasteiger partial charge on any atom is 0.226 e. The molecule has 25 heavy (non-hydrogen) atoms. The topological polar surface area (TPSA) is 64.7 Å². The molecule has 0 aliphatic heterocycles. The van der Waals surface area contributed by atoms with E-state index in [1.54, 1.807) is 10.9 Å². The molecule has 3 rings (SSSR count). The van der Waals surface area contributed by atoms with Crippen LogP contribution in [0.15, 0.2) is 47.3 Å². The first-order chi connectivity index (χ1) is 12.0. The van der Waals surface area contributed by atoms with E-state index >= 15 is 0 Å². The summed E-state index contributed by atoms with van der Waals surface area (Å²) >= 11 is 3.42. The first-order valence-electron chi connectivity index (χ1n) is 8.07. The van der Waals surface area contributed by atoms with Gasteiger partial charge in [-0.15, -0.1) is 0 Å². The minimum atomic E-state index is -0.0561. The summed E-state index contributed by atoms with van der Waals surface area (Å²) in [6.45, 7) is 5.20. The normalized spacial score (nSPS) is 10.8. The molecule has 6 nitrogen and oxygen atoms in total. The van der Waals surface area contributed by atoms with Gasteiger partial charge < -0.3 is 5.32 Å². The van der Waals surface area contributed by atoms with Crippen molar-refractivity contribution < 1.29 is 4.79 Å². The summed E-state index contributed by atoms with van der Waals surface area (Å²) in [4.78, 5) is 12.1. The molecule has 0 fully saturated rings. The number of nitrogens with zero attached hydrogens (tertiary/aromatic N) is 4. The molecule has 0 aliphatic rings. The fraction of sp³-hybridized carbons (Fsp3) is 0.278. The number of amides is 1. The number of carbonyl (C=O) groups excluding carboxylic acids is 1. The van der Waals surface area contributed by atoms with Crippen molar-refractivity contribution in [2.24, 2.45) is 0 Å². The number of aromatic nitrogens is 4. The van der Waals surface area contributed by atoms with E-state index in [1.807, 2.05) is 30.1 Å². The predicted octanol–water partition coefficient (Wildman–Crippen LogP) is 3.54. The van der Waals surface area contributed by atoms with Gasteiger partial charge in [-0.1, -0.05) is 29.8 Å². The van der Waals surface area contributed by atoms with Gasteiger partial charge in [0.25, 0.3) is 0 Å². The van der Waals surface area contributed by atoms with E-state index in [-0.39, 0.29) is 5.91 Å². The predicted molar refractivity (Wildman–Crippen MR) is 100 cm³/mol. The molecule has 0 saturated heterocycles. The monoisotopic (exact) mass is 401 g/mol. The maximum atomic E-state index is 12.1. The highest BCUT2D eigenvalue weighted by Gasteiger charge is 2.07. The van der Waals surface area contributed by atoms with Gasteiger partial charge in [-0.2, -0.15) is 10.2 Å². The lowest BCUT2D eigenvalue weighted by Crippen LogP contribution is -2.14. The van der Waals surface area contributed by atoms with Crippen LogP contribution in [0.5, 0.6) is 0 Å². The van der Waals surface area contributed by atoms with Gasteiger partial charge in [0, 0.05) is 25.4 Å². The zero-order chi connectivity index (χ0) is 17.8. The van der Waals surface area contributed by atoms with Crippen molar-refractivity contribution in [3.8, 4) is 0 Å². The Morgan fingerprint density at radius 2 is 2.08 bits per heavy atom. The molecule has 7 heteroatoms. The minimum absolute atomic E-state index is 0.0561. The van der Waals surface area contributed by atoms with Crippen LogP contribution in [0.1, 0.15) is 23.2 Å². The van der Waals surface area contributed by atoms with Crippen molar-refractivity contribution >= 4 is 27.5 Å². The number of anilines is 1. The summed E-state index contributed by atoms with van der Waals surface area (Å²) in [5.41, 5.74) is 4.02. The van der Waals surface area contributed by atoms with Crippen LogP contribution in [0.4, 0.5) is 5.69 Å². The van der Waals surface area contributed by atoms with Gasteiger partial charge in [-0.05, 0) is 35.3 Å². The molecule has 0 atom stereocenters. The highest BCUT2D eigenvalue weighted by atomic mass is 79.9. The summed E-state index contributed by atoms with van der Waals surface area (Å²) in [7, 11) is 0. The average molecular weight is 402 g/mol. The molecule has 0 spiro atoms. The van der Waals surface area contributed by atoms with Crippen LogP contribution in [0.25, 0.3) is 0 Å². The highest BCUT2D eigenvalue weighted by Crippen LogP contribution is 2.14. The highest BCUT2D eigenvalue weighted by molar-refractivity contribution is 9.10. The Balaban J connectivity index is 1.53. The molecule has 2 aromatic heterocycles. The van der Waals surface area contributed by atoms with Crippen LogP contribution < -0.4 is 5.32 Å². The molecule has 1 aromatic carbocycles. The Morgan fingerprint density at radius 1 is 1.24 bits per heavy atom. The number of hydrogen-bond acceptors (Lipinski definition) is 3. The molecule has 130 valence electrons. The van der Waals surface area contributed by atoms with Crippen LogP contribution in [0.2, 0.25) is 0 Å². The quantitative estimate of drug-likeness (QED) is 0.686. The molecular formula is C18H20BrN5O. The lowest BCUT2D eigenvalue weighted by molar-refractivity contribution is -0.116. The van der Waals surface area contributed by atoms with Crippen molar-refractivity contribution in [2.45, 2.75) is 33.4 Å². The fourth-order valence-corrected chi connectivity index (χ4v) is 2.88. The van der Waals surface area contributed by atoms with Gasteiger partial charge in [0.1, 0.15) is 0 Å². The standard InChI is InChI=1S/C18H20BrN5O/c1-13-4-3-5-15(8-13)10-24-11-16(9-20-24)21-18(25)6-7-23-12-17(19)14(2)22-23/h3-5,8-9,11-12H,6-7,10H2,1-2H3,(H,21,25). The van der Waals surface area contributed by atoms with Crippen LogP contribution in [-0.2, 0) is 17.9 Å². The van der Waals surface area contributed by atoms with E-state index < -0.39 is 0 Å². The Kier molecular flexibility index (Phi) is 5.33. The second-order valence-electron chi connectivity index (χ2n) is 6.04. The van der Waals surface area contributed by atoms with Crippen LogP contribution in [0, 0.1) is 13.8 Å². The van der Waals surface area contributed by atoms with Gasteiger partial charge in [0.15, 0.2) is 0 Å². The molecule has 1 N–H and O–H groups in total. The molecule has 0 aliphatic carbocycles. The summed E-state index contributed by atoms with van der Waals surface area (Å²) in [6.07, 6.45) is 5.75. The van der Waals surface area contributed by atoms with E-state index in [2.05, 4.69) is 56.6 Å². The van der Waals surface area contributed by atoms with Gasteiger partial charge in [-0.3, -0.25) is 14.2 Å². The third-order valence-corrected chi connectivity index (χ3v) is 4.58. The first-order valence-corrected chi connectivity index (χ1v) is 8.86. The number of rotatable bonds is 6. The van der Waals surface area contributed by atoms with E-state index in [0.29, 0.717) is 25.2 Å². The number of hydrogen-bond donors (Lipinski definition) is 1. The summed E-state index contributed by atoms with van der Waals surface area (Å²) in [5, 5.41) is 11.5. The third kappa shape index (κ3) is 4.79.